The van der Waals surface area contributed by atoms with Crippen molar-refractivity contribution in [3.05, 3.63) is 59.7 Å². The molecule has 1 aliphatic heterocycles. The first-order chi connectivity index (χ1) is 12.6. The lowest BCUT2D eigenvalue weighted by Crippen LogP contribution is -2.28. The second-order valence-electron chi connectivity index (χ2n) is 5.59. The van der Waals surface area contributed by atoms with Crippen molar-refractivity contribution in [2.24, 2.45) is 5.16 Å². The summed E-state index contributed by atoms with van der Waals surface area (Å²) in [5, 5.41) is 6.69. The molecule has 7 heteroatoms. The van der Waals surface area contributed by atoms with Crippen LogP contribution in [0.15, 0.2) is 53.7 Å². The molecule has 134 valence electrons. The van der Waals surface area contributed by atoms with Crippen molar-refractivity contribution < 1.29 is 23.9 Å². The smallest absolute Gasteiger partial charge is 0.340 e. The predicted octanol–water partition coefficient (Wildman–Crippen LogP) is 2.61. The summed E-state index contributed by atoms with van der Waals surface area (Å²) in [5.74, 6) is -0.488. The molecule has 1 aliphatic rings. The van der Waals surface area contributed by atoms with Crippen molar-refractivity contribution in [3.63, 3.8) is 0 Å². The van der Waals surface area contributed by atoms with E-state index < -0.39 is 18.0 Å². The third-order valence-electron chi connectivity index (χ3n) is 3.96. The van der Waals surface area contributed by atoms with Gasteiger partial charge in [0.1, 0.15) is 5.75 Å². The maximum atomic E-state index is 12.5. The summed E-state index contributed by atoms with van der Waals surface area (Å²) in [6.07, 6.45) is -0.419. The summed E-state index contributed by atoms with van der Waals surface area (Å²) in [4.78, 5) is 29.7. The van der Waals surface area contributed by atoms with Crippen molar-refractivity contribution in [1.82, 2.24) is 0 Å². The van der Waals surface area contributed by atoms with Crippen LogP contribution in [0.2, 0.25) is 0 Å². The van der Waals surface area contributed by atoms with E-state index in [1.54, 1.807) is 12.1 Å². The first kappa shape index (κ1) is 17.5. The number of esters is 1. The average molecular weight is 354 g/mol. The average Bonchev–Trinajstić information content (AvgIpc) is 3.18. The van der Waals surface area contributed by atoms with Crippen LogP contribution in [0.1, 0.15) is 22.3 Å². The SMILES string of the molecule is COC(=O)c1cc(OC)ccc1NC(=O)C1CC(c2ccccc2)=NO1. The maximum Gasteiger partial charge on any atom is 0.340 e. The quantitative estimate of drug-likeness (QED) is 0.834. The lowest BCUT2D eigenvalue weighted by Gasteiger charge is -2.13. The van der Waals surface area contributed by atoms with Gasteiger partial charge in [0.15, 0.2) is 0 Å². The van der Waals surface area contributed by atoms with Crippen molar-refractivity contribution >= 4 is 23.3 Å². The fourth-order valence-electron chi connectivity index (χ4n) is 2.57. The minimum absolute atomic E-state index is 0.197. The number of anilines is 1. The van der Waals surface area contributed by atoms with Gasteiger partial charge in [-0.15, -0.1) is 0 Å². The number of nitrogens with zero attached hydrogens (tertiary/aromatic N) is 1. The van der Waals surface area contributed by atoms with Crippen LogP contribution in [0.4, 0.5) is 5.69 Å². The molecule has 1 unspecified atom stereocenters. The molecule has 2 aromatic carbocycles. The lowest BCUT2D eigenvalue weighted by atomic mass is 10.0. The largest absolute Gasteiger partial charge is 0.497 e. The van der Waals surface area contributed by atoms with Crippen molar-refractivity contribution in [3.8, 4) is 5.75 Å². The number of benzene rings is 2. The van der Waals surface area contributed by atoms with E-state index in [0.29, 0.717) is 23.6 Å². The zero-order chi connectivity index (χ0) is 18.5. The molecule has 3 rings (SSSR count). The van der Waals surface area contributed by atoms with Crippen molar-refractivity contribution in [2.45, 2.75) is 12.5 Å². The highest BCUT2D eigenvalue weighted by Crippen LogP contribution is 2.24. The molecule has 0 spiro atoms. The summed E-state index contributed by atoms with van der Waals surface area (Å²) in [6, 6.07) is 14.2. The topological polar surface area (TPSA) is 86.2 Å². The highest BCUT2D eigenvalue weighted by molar-refractivity contribution is 6.07. The van der Waals surface area contributed by atoms with Crippen LogP contribution in [0.5, 0.6) is 5.75 Å². The van der Waals surface area contributed by atoms with Crippen LogP contribution in [-0.2, 0) is 14.4 Å². The predicted molar refractivity (Wildman–Crippen MR) is 95.4 cm³/mol. The molecule has 1 N–H and O–H groups in total. The van der Waals surface area contributed by atoms with Gasteiger partial charge in [0.05, 0.1) is 31.2 Å². The van der Waals surface area contributed by atoms with Gasteiger partial charge in [-0.25, -0.2) is 4.79 Å². The standard InChI is InChI=1S/C19H18N2O5/c1-24-13-8-9-15(14(10-13)19(23)25-2)20-18(22)17-11-16(21-26-17)12-6-4-3-5-7-12/h3-10,17H,11H2,1-2H3,(H,20,22). The number of carbonyl (C=O) groups is 2. The number of ether oxygens (including phenoxy) is 2. The first-order valence-electron chi connectivity index (χ1n) is 7.97. The monoisotopic (exact) mass is 354 g/mol. The summed E-state index contributed by atoms with van der Waals surface area (Å²) >= 11 is 0. The number of oxime groups is 1. The molecule has 0 bridgehead atoms. The summed E-state index contributed by atoms with van der Waals surface area (Å²) < 4.78 is 9.87. The van der Waals surface area contributed by atoms with Crippen LogP contribution in [-0.4, -0.2) is 37.9 Å². The Balaban J connectivity index is 1.72. The Bertz CT molecular complexity index is 848. The number of hydrogen-bond acceptors (Lipinski definition) is 6. The van der Waals surface area contributed by atoms with Gasteiger partial charge in [-0.3, -0.25) is 4.79 Å². The zero-order valence-electron chi connectivity index (χ0n) is 14.4. The highest BCUT2D eigenvalue weighted by Gasteiger charge is 2.29. The number of methoxy groups -OCH3 is 2. The fraction of sp³-hybridized carbons (Fsp3) is 0.211. The van der Waals surface area contributed by atoms with Gasteiger partial charge < -0.3 is 19.6 Å². The van der Waals surface area contributed by atoms with Crippen LogP contribution in [0, 0.1) is 0 Å². The summed E-state index contributed by atoms with van der Waals surface area (Å²) in [7, 11) is 2.76. The molecule has 0 saturated carbocycles. The number of carbonyl (C=O) groups excluding carboxylic acids is 2. The van der Waals surface area contributed by atoms with E-state index in [4.69, 9.17) is 14.3 Å². The van der Waals surface area contributed by atoms with Gasteiger partial charge in [0.2, 0.25) is 6.10 Å². The number of nitrogens with one attached hydrogen (secondary N) is 1. The maximum absolute atomic E-state index is 12.5. The Morgan fingerprint density at radius 3 is 2.62 bits per heavy atom. The first-order valence-corrected chi connectivity index (χ1v) is 7.97. The molecular weight excluding hydrogens is 336 g/mol. The molecule has 7 nitrogen and oxygen atoms in total. The Hall–Kier alpha value is -3.35. The Kier molecular flexibility index (Phi) is 5.17. The molecule has 26 heavy (non-hydrogen) atoms. The van der Waals surface area contributed by atoms with Crippen molar-refractivity contribution in [1.29, 1.82) is 0 Å². The Labute approximate surface area is 150 Å². The van der Waals surface area contributed by atoms with Gasteiger partial charge in [0, 0.05) is 6.42 Å². The molecule has 0 radical (unpaired) electrons. The van der Waals surface area contributed by atoms with E-state index in [-0.39, 0.29) is 5.56 Å². The molecule has 2 aromatic rings. The van der Waals surface area contributed by atoms with Crippen LogP contribution in [0.25, 0.3) is 0 Å². The number of hydrogen-bond donors (Lipinski definition) is 1. The minimum Gasteiger partial charge on any atom is -0.497 e. The molecule has 1 heterocycles. The van der Waals surface area contributed by atoms with Gasteiger partial charge in [-0.2, -0.15) is 0 Å². The Morgan fingerprint density at radius 1 is 1.15 bits per heavy atom. The van der Waals surface area contributed by atoms with Crippen LogP contribution in [0.3, 0.4) is 0 Å². The second kappa shape index (κ2) is 7.69. The molecule has 0 fully saturated rings. The highest BCUT2D eigenvalue weighted by atomic mass is 16.6. The molecule has 1 amide bonds. The summed E-state index contributed by atoms with van der Waals surface area (Å²) in [5.41, 5.74) is 2.12. The summed E-state index contributed by atoms with van der Waals surface area (Å²) in [6.45, 7) is 0. The van der Waals surface area contributed by atoms with Gasteiger partial charge in [-0.05, 0) is 23.8 Å². The zero-order valence-corrected chi connectivity index (χ0v) is 14.4. The van der Waals surface area contributed by atoms with Crippen LogP contribution >= 0.6 is 0 Å². The minimum atomic E-state index is -0.766. The normalized spacial score (nSPS) is 15.6. The molecule has 0 aliphatic carbocycles. The van der Waals surface area contributed by atoms with E-state index in [1.165, 1.54) is 20.3 Å². The third kappa shape index (κ3) is 3.66. The van der Waals surface area contributed by atoms with Crippen LogP contribution < -0.4 is 10.1 Å². The number of rotatable bonds is 5. The van der Waals surface area contributed by atoms with Gasteiger partial charge in [-0.1, -0.05) is 35.5 Å². The molecule has 0 saturated heterocycles. The van der Waals surface area contributed by atoms with E-state index in [2.05, 4.69) is 10.5 Å². The second-order valence-corrected chi connectivity index (χ2v) is 5.59. The molecule has 0 aromatic heterocycles. The van der Waals surface area contributed by atoms with Gasteiger partial charge >= 0.3 is 5.97 Å². The van der Waals surface area contributed by atoms with E-state index >= 15 is 0 Å². The van der Waals surface area contributed by atoms with E-state index in [1.807, 2.05) is 30.3 Å². The van der Waals surface area contributed by atoms with E-state index in [9.17, 15) is 9.59 Å². The van der Waals surface area contributed by atoms with Crippen molar-refractivity contribution in [2.75, 3.05) is 19.5 Å². The van der Waals surface area contributed by atoms with Gasteiger partial charge in [0.25, 0.3) is 5.91 Å². The molecule has 1 atom stereocenters. The van der Waals surface area contributed by atoms with E-state index in [0.717, 1.165) is 5.56 Å². The number of amides is 1. The third-order valence-corrected chi connectivity index (χ3v) is 3.96. The molecular formula is C19H18N2O5. The fourth-order valence-corrected chi connectivity index (χ4v) is 2.57. The lowest BCUT2D eigenvalue weighted by molar-refractivity contribution is -0.125. The Morgan fingerprint density at radius 2 is 1.92 bits per heavy atom.